The second-order valence-electron chi connectivity index (χ2n) is 22.6. The number of amides is 1. The van der Waals surface area contributed by atoms with Gasteiger partial charge in [-0.1, -0.05) is 36.4 Å². The first kappa shape index (κ1) is 49.3. The minimum Gasteiger partial charge on any atom is -0.489 e. The maximum atomic E-state index is 16.2. The summed E-state index contributed by atoms with van der Waals surface area (Å²) in [5, 5.41) is 17.3. The Morgan fingerprint density at radius 1 is 0.934 bits per heavy atom. The summed E-state index contributed by atoms with van der Waals surface area (Å²) in [6.45, 7) is 15.9. The number of allylic oxidation sites excluding steroid dienone is 1. The van der Waals surface area contributed by atoms with Gasteiger partial charge >= 0.3 is 0 Å². The van der Waals surface area contributed by atoms with Crippen molar-refractivity contribution in [3.05, 3.63) is 100 Å². The molecule has 5 atom stereocenters. The fraction of sp³-hybridized carbons (Fsp3) is 0.500. The average Bonchev–Trinajstić information content (AvgIpc) is 4.20. The molecule has 2 aromatic heterocycles. The van der Waals surface area contributed by atoms with Gasteiger partial charge in [0.15, 0.2) is 11.4 Å². The highest BCUT2D eigenvalue weighted by Crippen LogP contribution is 2.56. The number of ether oxygens (including phenoxy) is 4. The number of nitrogens with one attached hydrogen (secondary N) is 2. The van der Waals surface area contributed by atoms with E-state index in [-0.39, 0.29) is 69.6 Å². The van der Waals surface area contributed by atoms with Gasteiger partial charge in [0.05, 0.1) is 71.3 Å². The quantitative estimate of drug-likeness (QED) is 0.0856. The van der Waals surface area contributed by atoms with Crippen LogP contribution in [0.25, 0.3) is 16.6 Å². The van der Waals surface area contributed by atoms with Gasteiger partial charge in [0.25, 0.3) is 11.6 Å². The first-order valence-corrected chi connectivity index (χ1v) is 28.5. The van der Waals surface area contributed by atoms with Crippen LogP contribution in [-0.4, -0.2) is 159 Å². The van der Waals surface area contributed by atoms with Crippen LogP contribution < -0.4 is 30.3 Å². The van der Waals surface area contributed by atoms with Crippen LogP contribution in [-0.2, 0) is 19.3 Å². The van der Waals surface area contributed by atoms with Gasteiger partial charge < -0.3 is 44.8 Å². The van der Waals surface area contributed by atoms with Gasteiger partial charge in [-0.15, -0.1) is 0 Å². The lowest BCUT2D eigenvalue weighted by Gasteiger charge is -2.56. The summed E-state index contributed by atoms with van der Waals surface area (Å²) in [4.78, 5) is 45.4. The topological polar surface area (TPSA) is 214 Å². The van der Waals surface area contributed by atoms with Crippen LogP contribution in [0.15, 0.2) is 83.2 Å². The fourth-order valence-electron chi connectivity index (χ4n) is 14.0. The summed E-state index contributed by atoms with van der Waals surface area (Å²) in [7, 11) is -4.79. The number of aromatic nitrogens is 2. The summed E-state index contributed by atoms with van der Waals surface area (Å²) in [6, 6.07) is 18.8. The first-order valence-electron chi connectivity index (χ1n) is 27.0. The number of hydrogen-bond donors (Lipinski definition) is 3. The number of nitrogens with zero attached hydrogens (tertiary/aromatic N) is 7. The molecule has 0 unspecified atom stereocenters. The standard InChI is InChI=1S/C56H66N10O9S/c1-33(2)40-7-4-5-8-41(40)43-9-6-16-64(43)37-24-56(25-37)13-17-62(18-14-56)44-11-10-42(53(57)67)51(65-46-21-35-12-15-58-54(35)60-55(46)75-49-32-73-31-47(49)65)52(44)76(70,71)39-22-45(66(68)69)50-48(23-39)74-28-36(59-50)27-61-19-20-63(34(3)26-61)38-29-72-30-38/h4-5,7-8,10-12,15,21-23,34,36-38,43,47,49,59H,1,6,9,13-14,16-20,24-32H2,2-3H3,(H2,57,67)(H,58,60)/t34-,36+,43+,47+,49-/m1/s1. The molecule has 400 valence electrons. The van der Waals surface area contributed by atoms with Crippen LogP contribution in [0.5, 0.6) is 11.6 Å². The monoisotopic (exact) mass is 1050 g/mol. The zero-order chi connectivity index (χ0) is 52.2. The number of nitro groups is 1. The largest absolute Gasteiger partial charge is 0.489 e. The Kier molecular flexibility index (Phi) is 12.3. The predicted octanol–water partition coefficient (Wildman–Crippen LogP) is 6.90. The van der Waals surface area contributed by atoms with Gasteiger partial charge in [0.1, 0.15) is 28.9 Å². The van der Waals surface area contributed by atoms with Gasteiger partial charge in [0, 0.05) is 81.1 Å². The highest BCUT2D eigenvalue weighted by molar-refractivity contribution is 7.91. The molecule has 4 N–H and O–H groups in total. The average molecular weight is 1060 g/mol. The smallest absolute Gasteiger partial charge is 0.297 e. The molecule has 7 aliphatic heterocycles. The van der Waals surface area contributed by atoms with Crippen molar-refractivity contribution in [3.63, 3.8) is 0 Å². The van der Waals surface area contributed by atoms with Crippen LogP contribution in [0, 0.1) is 15.5 Å². The van der Waals surface area contributed by atoms with Gasteiger partial charge in [-0.3, -0.25) is 29.6 Å². The maximum absolute atomic E-state index is 16.2. The minimum atomic E-state index is -4.79. The van der Waals surface area contributed by atoms with Crippen molar-refractivity contribution in [2.24, 2.45) is 11.1 Å². The van der Waals surface area contributed by atoms with E-state index in [9.17, 15) is 14.9 Å². The molecule has 20 heteroatoms. The molecule has 0 radical (unpaired) electrons. The van der Waals surface area contributed by atoms with E-state index in [2.05, 4.69) is 74.6 Å². The summed E-state index contributed by atoms with van der Waals surface area (Å²) < 4.78 is 56.7. The molecule has 9 heterocycles. The molecule has 76 heavy (non-hydrogen) atoms. The number of benzene rings is 3. The Labute approximate surface area is 442 Å². The van der Waals surface area contributed by atoms with E-state index >= 15 is 8.42 Å². The van der Waals surface area contributed by atoms with Gasteiger partial charge in [0.2, 0.25) is 15.7 Å². The van der Waals surface area contributed by atoms with E-state index in [0.717, 1.165) is 94.9 Å². The van der Waals surface area contributed by atoms with E-state index in [0.29, 0.717) is 60.8 Å². The number of carbonyl (C=O) groups is 1. The van der Waals surface area contributed by atoms with Crippen molar-refractivity contribution in [1.82, 2.24) is 24.7 Å². The normalized spacial score (nSPS) is 25.9. The molecule has 1 saturated carbocycles. The number of nitrogens with two attached hydrogens (primary N) is 1. The SMILES string of the molecule is C=C(C)c1ccccc1[C@@H]1CCCN1C1CC2(CCN(c3ccc(C(N)=O)c(N4c5cc6cc[nH]c6nc5O[C@@H]5COC[C@@H]54)c3S(=O)(=O)c3cc4c(c([N+](=O)[O-])c3)N[C@@H](CN3CCN(C5COC5)[C@H](C)C3)CO4)CC2)C1. The molecule has 1 aliphatic carbocycles. The number of primary amides is 1. The van der Waals surface area contributed by atoms with E-state index in [1.807, 2.05) is 17.0 Å². The van der Waals surface area contributed by atoms with Crippen LogP contribution in [0.3, 0.4) is 0 Å². The highest BCUT2D eigenvalue weighted by atomic mass is 32.2. The number of fused-ring (bicyclic) bond motifs is 4. The van der Waals surface area contributed by atoms with E-state index < -0.39 is 38.5 Å². The van der Waals surface area contributed by atoms with E-state index in [1.54, 1.807) is 18.3 Å². The molecule has 13 rings (SSSR count). The van der Waals surface area contributed by atoms with Crippen LogP contribution in [0.2, 0.25) is 0 Å². The summed E-state index contributed by atoms with van der Waals surface area (Å²) in [6.07, 6.45) is 7.21. The Morgan fingerprint density at radius 3 is 2.49 bits per heavy atom. The zero-order valence-corrected chi connectivity index (χ0v) is 43.9. The number of piperazine rings is 1. The molecule has 3 aromatic carbocycles. The van der Waals surface area contributed by atoms with Crippen molar-refractivity contribution < 1.29 is 37.1 Å². The number of anilines is 4. The Bertz CT molecular complexity index is 3260. The summed E-state index contributed by atoms with van der Waals surface area (Å²) in [5.41, 5.74) is 11.1. The number of nitro benzene ring substituents is 1. The third kappa shape index (κ3) is 8.37. The lowest BCUT2D eigenvalue weighted by Crippen LogP contribution is -2.61. The van der Waals surface area contributed by atoms with Crippen LogP contribution >= 0.6 is 0 Å². The second-order valence-corrected chi connectivity index (χ2v) is 24.5. The summed E-state index contributed by atoms with van der Waals surface area (Å²) in [5.74, 6) is -0.551. The number of carbonyl (C=O) groups excluding carboxylic acids is 1. The third-order valence-electron chi connectivity index (χ3n) is 17.9. The molecule has 6 fully saturated rings. The Hall–Kier alpha value is -6.29. The fourth-order valence-corrected chi connectivity index (χ4v) is 15.7. The number of pyridine rings is 1. The molecule has 5 saturated heterocycles. The molecule has 1 spiro atoms. The number of aromatic amines is 1. The van der Waals surface area contributed by atoms with E-state index in [1.165, 1.54) is 17.2 Å². The molecule has 1 amide bonds. The number of sulfone groups is 1. The van der Waals surface area contributed by atoms with Crippen molar-refractivity contribution in [2.75, 3.05) is 94.0 Å². The third-order valence-corrected chi connectivity index (χ3v) is 19.7. The van der Waals surface area contributed by atoms with Crippen LogP contribution in [0.4, 0.5) is 28.4 Å². The number of likely N-dealkylation sites (tertiary alicyclic amines) is 1. The van der Waals surface area contributed by atoms with Gasteiger partial charge in [-0.05, 0) is 99.7 Å². The minimum absolute atomic E-state index is 0.0388. The predicted molar refractivity (Wildman–Crippen MR) is 288 cm³/mol. The molecule has 5 aromatic rings. The molecule has 0 bridgehead atoms. The molecule has 8 aliphatic rings. The number of hydrogen-bond acceptors (Lipinski definition) is 16. The van der Waals surface area contributed by atoms with Crippen molar-refractivity contribution in [1.29, 1.82) is 0 Å². The van der Waals surface area contributed by atoms with Crippen LogP contribution in [0.1, 0.15) is 79.9 Å². The van der Waals surface area contributed by atoms with Gasteiger partial charge in [-0.25, -0.2) is 8.42 Å². The lowest BCUT2D eigenvalue weighted by atomic mass is 9.59. The molecular formula is C56H66N10O9S. The second kappa shape index (κ2) is 19.0. The maximum Gasteiger partial charge on any atom is 0.297 e. The lowest BCUT2D eigenvalue weighted by molar-refractivity contribution is -0.384. The zero-order valence-electron chi connectivity index (χ0n) is 43.1. The van der Waals surface area contributed by atoms with E-state index in [4.69, 9.17) is 29.7 Å². The van der Waals surface area contributed by atoms with Crippen molar-refractivity contribution in [2.45, 2.75) is 105 Å². The van der Waals surface area contributed by atoms with Gasteiger partial charge in [-0.2, -0.15) is 4.98 Å². The summed E-state index contributed by atoms with van der Waals surface area (Å²) >= 11 is 0. The number of piperidine rings is 1. The van der Waals surface area contributed by atoms with Crippen molar-refractivity contribution in [3.8, 4) is 11.6 Å². The highest BCUT2D eigenvalue weighted by Gasteiger charge is 2.52. The Balaban J connectivity index is 0.858. The molecule has 19 nitrogen and oxygen atoms in total. The first-order chi connectivity index (χ1) is 36.7. The number of H-pyrrole nitrogens is 1. The Morgan fingerprint density at radius 2 is 1.74 bits per heavy atom. The molecular weight excluding hydrogens is 989 g/mol. The number of rotatable bonds is 12. The van der Waals surface area contributed by atoms with Crippen molar-refractivity contribution >= 4 is 60.8 Å².